The van der Waals surface area contributed by atoms with Crippen molar-refractivity contribution in [3.63, 3.8) is 0 Å². The third kappa shape index (κ3) is 5.26. The fourth-order valence-electron chi connectivity index (χ4n) is 2.29. The topological polar surface area (TPSA) is 63.2 Å². The van der Waals surface area contributed by atoms with Crippen LogP contribution >= 0.6 is 0 Å². The van der Waals surface area contributed by atoms with Gasteiger partial charge >= 0.3 is 0 Å². The highest BCUT2D eigenvalue weighted by atomic mass is 16.5. The molecule has 0 unspecified atom stereocenters. The Hall–Kier alpha value is -2.56. The predicted octanol–water partition coefficient (Wildman–Crippen LogP) is 3.48. The number of nitrogens with zero attached hydrogens (tertiary/aromatic N) is 1. The molecule has 2 aromatic rings. The first-order chi connectivity index (χ1) is 11.6. The number of methoxy groups -OCH3 is 1. The third-order valence-electron chi connectivity index (χ3n) is 3.68. The number of anilines is 1. The van der Waals surface area contributed by atoms with E-state index in [1.807, 2.05) is 30.3 Å². The first-order valence-electron chi connectivity index (χ1n) is 8.19. The number of hydrogen-bond acceptors (Lipinski definition) is 4. The van der Waals surface area contributed by atoms with Gasteiger partial charge in [0.2, 0.25) is 0 Å². The van der Waals surface area contributed by atoms with E-state index >= 15 is 0 Å². The van der Waals surface area contributed by atoms with Gasteiger partial charge < -0.3 is 15.4 Å². The van der Waals surface area contributed by atoms with Gasteiger partial charge in [0.25, 0.3) is 5.91 Å². The Bertz CT molecular complexity index is 671. The van der Waals surface area contributed by atoms with Gasteiger partial charge in [-0.25, -0.2) is 0 Å². The second-order valence-corrected chi connectivity index (χ2v) is 6.07. The van der Waals surface area contributed by atoms with Gasteiger partial charge in [0.15, 0.2) is 0 Å². The van der Waals surface area contributed by atoms with Gasteiger partial charge in [-0.15, -0.1) is 0 Å². The van der Waals surface area contributed by atoms with Gasteiger partial charge in [-0.3, -0.25) is 9.78 Å². The second kappa shape index (κ2) is 8.91. The van der Waals surface area contributed by atoms with E-state index in [4.69, 9.17) is 4.74 Å². The molecule has 0 aliphatic heterocycles. The van der Waals surface area contributed by atoms with Crippen molar-refractivity contribution in [1.82, 2.24) is 10.3 Å². The number of aromatic nitrogens is 1. The minimum Gasteiger partial charge on any atom is -0.496 e. The van der Waals surface area contributed by atoms with Crippen LogP contribution in [0.15, 0.2) is 42.7 Å². The summed E-state index contributed by atoms with van der Waals surface area (Å²) in [5.41, 5.74) is 2.34. The number of para-hydroxylation sites is 1. The van der Waals surface area contributed by atoms with Gasteiger partial charge in [0.05, 0.1) is 18.4 Å². The minimum atomic E-state index is -0.152. The maximum absolute atomic E-state index is 12.3. The molecule has 0 saturated carbocycles. The standard InChI is InChI=1S/C19H25N3O2/c1-14(2)8-9-21-17-10-16(11-20-13-17)19(23)22-12-15-6-4-5-7-18(15)24-3/h4-7,10-11,13-14,21H,8-9,12H2,1-3H3,(H,22,23). The zero-order valence-corrected chi connectivity index (χ0v) is 14.5. The fraction of sp³-hybridized carbons (Fsp3) is 0.368. The first-order valence-corrected chi connectivity index (χ1v) is 8.19. The van der Waals surface area contributed by atoms with E-state index in [1.54, 1.807) is 19.5 Å². The highest BCUT2D eigenvalue weighted by molar-refractivity contribution is 5.94. The Morgan fingerprint density at radius 2 is 2.04 bits per heavy atom. The Labute approximate surface area is 143 Å². The van der Waals surface area contributed by atoms with Crippen LogP contribution in [0.1, 0.15) is 36.2 Å². The largest absolute Gasteiger partial charge is 0.496 e. The molecule has 0 bridgehead atoms. The van der Waals surface area contributed by atoms with Crippen molar-refractivity contribution in [2.24, 2.45) is 5.92 Å². The van der Waals surface area contributed by atoms with Gasteiger partial charge in [-0.2, -0.15) is 0 Å². The van der Waals surface area contributed by atoms with Crippen molar-refractivity contribution in [2.75, 3.05) is 19.0 Å². The molecule has 1 aromatic heterocycles. The lowest BCUT2D eigenvalue weighted by Gasteiger charge is -2.11. The van der Waals surface area contributed by atoms with Crippen LogP contribution in [0.3, 0.4) is 0 Å². The van der Waals surface area contributed by atoms with Crippen LogP contribution in [0.2, 0.25) is 0 Å². The number of amides is 1. The average Bonchev–Trinajstić information content (AvgIpc) is 2.60. The van der Waals surface area contributed by atoms with Crippen LogP contribution in [-0.4, -0.2) is 24.5 Å². The number of hydrogen-bond donors (Lipinski definition) is 2. The van der Waals surface area contributed by atoms with Crippen LogP contribution in [0.4, 0.5) is 5.69 Å². The lowest BCUT2D eigenvalue weighted by Crippen LogP contribution is -2.23. The van der Waals surface area contributed by atoms with Gasteiger partial charge in [0.1, 0.15) is 5.75 Å². The number of benzene rings is 1. The maximum atomic E-state index is 12.3. The molecule has 0 aliphatic rings. The van der Waals surface area contributed by atoms with E-state index in [2.05, 4.69) is 29.5 Å². The number of pyridine rings is 1. The number of carbonyl (C=O) groups excluding carboxylic acids is 1. The summed E-state index contributed by atoms with van der Waals surface area (Å²) in [5, 5.41) is 6.21. The predicted molar refractivity (Wildman–Crippen MR) is 96.3 cm³/mol. The summed E-state index contributed by atoms with van der Waals surface area (Å²) in [6, 6.07) is 9.46. The molecular formula is C19H25N3O2. The molecule has 0 aliphatic carbocycles. The molecule has 1 heterocycles. The van der Waals surface area contributed by atoms with Crippen LogP contribution in [0.5, 0.6) is 5.75 Å². The van der Waals surface area contributed by atoms with Crippen molar-refractivity contribution in [3.8, 4) is 5.75 Å². The first kappa shape index (κ1) is 17.8. The quantitative estimate of drug-likeness (QED) is 0.779. The summed E-state index contributed by atoms with van der Waals surface area (Å²) >= 11 is 0. The second-order valence-electron chi connectivity index (χ2n) is 6.07. The zero-order valence-electron chi connectivity index (χ0n) is 14.5. The van der Waals surface area contributed by atoms with Gasteiger partial charge in [-0.1, -0.05) is 32.0 Å². The van der Waals surface area contributed by atoms with Crippen LogP contribution in [0.25, 0.3) is 0 Å². The SMILES string of the molecule is COc1ccccc1CNC(=O)c1cncc(NCCC(C)C)c1. The Morgan fingerprint density at radius 1 is 1.25 bits per heavy atom. The molecule has 24 heavy (non-hydrogen) atoms. The molecule has 1 aromatic carbocycles. The summed E-state index contributed by atoms with van der Waals surface area (Å²) in [4.78, 5) is 16.5. The molecular weight excluding hydrogens is 302 g/mol. The fourth-order valence-corrected chi connectivity index (χ4v) is 2.29. The molecule has 0 fully saturated rings. The zero-order chi connectivity index (χ0) is 17.4. The monoisotopic (exact) mass is 327 g/mol. The molecule has 5 nitrogen and oxygen atoms in total. The molecule has 2 rings (SSSR count). The Balaban J connectivity index is 1.94. The molecule has 0 saturated heterocycles. The van der Waals surface area contributed by atoms with E-state index in [0.29, 0.717) is 18.0 Å². The van der Waals surface area contributed by atoms with Crippen LogP contribution < -0.4 is 15.4 Å². The van der Waals surface area contributed by atoms with Crippen molar-refractivity contribution in [1.29, 1.82) is 0 Å². The van der Waals surface area contributed by atoms with E-state index in [-0.39, 0.29) is 5.91 Å². The molecule has 0 atom stereocenters. The smallest absolute Gasteiger partial charge is 0.253 e. The molecule has 1 amide bonds. The van der Waals surface area contributed by atoms with Crippen LogP contribution in [0, 0.1) is 5.92 Å². The Kier molecular flexibility index (Phi) is 6.61. The van der Waals surface area contributed by atoms with Crippen molar-refractivity contribution < 1.29 is 9.53 Å². The molecule has 0 spiro atoms. The minimum absolute atomic E-state index is 0.152. The summed E-state index contributed by atoms with van der Waals surface area (Å²) in [6.07, 6.45) is 4.38. The highest BCUT2D eigenvalue weighted by Crippen LogP contribution is 2.17. The van der Waals surface area contributed by atoms with Gasteiger partial charge in [-0.05, 0) is 24.5 Å². The number of carbonyl (C=O) groups is 1. The van der Waals surface area contributed by atoms with Crippen molar-refractivity contribution in [3.05, 3.63) is 53.9 Å². The van der Waals surface area contributed by atoms with Crippen LogP contribution in [-0.2, 0) is 6.54 Å². The van der Waals surface area contributed by atoms with Crippen molar-refractivity contribution >= 4 is 11.6 Å². The van der Waals surface area contributed by atoms with E-state index < -0.39 is 0 Å². The highest BCUT2D eigenvalue weighted by Gasteiger charge is 2.09. The molecule has 5 heteroatoms. The summed E-state index contributed by atoms with van der Waals surface area (Å²) in [5.74, 6) is 1.25. The lowest BCUT2D eigenvalue weighted by atomic mass is 10.1. The Morgan fingerprint density at radius 3 is 2.79 bits per heavy atom. The molecule has 128 valence electrons. The van der Waals surface area contributed by atoms with Gasteiger partial charge in [0, 0.05) is 31.0 Å². The maximum Gasteiger partial charge on any atom is 0.253 e. The molecule has 0 radical (unpaired) electrons. The van der Waals surface area contributed by atoms with E-state index in [0.717, 1.165) is 30.0 Å². The number of rotatable bonds is 8. The number of ether oxygens (including phenoxy) is 1. The average molecular weight is 327 g/mol. The number of nitrogens with one attached hydrogen (secondary N) is 2. The normalized spacial score (nSPS) is 10.5. The molecule has 2 N–H and O–H groups in total. The summed E-state index contributed by atoms with van der Waals surface area (Å²) < 4.78 is 5.29. The van der Waals surface area contributed by atoms with E-state index in [9.17, 15) is 4.79 Å². The van der Waals surface area contributed by atoms with Crippen molar-refractivity contribution in [2.45, 2.75) is 26.8 Å². The lowest BCUT2D eigenvalue weighted by molar-refractivity contribution is 0.0950. The summed E-state index contributed by atoms with van der Waals surface area (Å²) in [7, 11) is 1.62. The summed E-state index contributed by atoms with van der Waals surface area (Å²) in [6.45, 7) is 5.64. The van der Waals surface area contributed by atoms with E-state index in [1.165, 1.54) is 0 Å². The third-order valence-corrected chi connectivity index (χ3v) is 3.68.